The van der Waals surface area contributed by atoms with Crippen LogP contribution < -0.4 is 0 Å². The number of aromatic nitrogens is 2. The molecule has 0 saturated carbocycles. The fraction of sp³-hybridized carbons (Fsp3) is 0.800. The summed E-state index contributed by atoms with van der Waals surface area (Å²) in [5.41, 5.74) is 2.70. The summed E-state index contributed by atoms with van der Waals surface area (Å²) in [6.45, 7) is 7.20. The van der Waals surface area contributed by atoms with Crippen molar-refractivity contribution in [3.05, 3.63) is 17.5 Å². The standard InChI is InChI=1S/C15H26N4/c1-12-10-16-17-15(12)13-4-3-7-19(11-13)14-5-8-18(2)9-6-14/h10,13-14H,3-9,11H2,1-2H3,(H,16,17)/t13-/m0/s1. The molecule has 1 aromatic rings. The highest BCUT2D eigenvalue weighted by Gasteiger charge is 2.29. The van der Waals surface area contributed by atoms with Gasteiger partial charge in [0.15, 0.2) is 0 Å². The number of rotatable bonds is 2. The molecule has 4 nitrogen and oxygen atoms in total. The lowest BCUT2D eigenvalue weighted by Gasteiger charge is -2.41. The van der Waals surface area contributed by atoms with Crippen LogP contribution in [0.2, 0.25) is 0 Å². The van der Waals surface area contributed by atoms with E-state index < -0.39 is 0 Å². The van der Waals surface area contributed by atoms with Gasteiger partial charge in [0, 0.05) is 24.2 Å². The third kappa shape index (κ3) is 2.84. The lowest BCUT2D eigenvalue weighted by Crippen LogP contribution is -2.47. The lowest BCUT2D eigenvalue weighted by atomic mass is 9.90. The number of aryl methyl sites for hydroxylation is 1. The number of nitrogens with zero attached hydrogens (tertiary/aromatic N) is 3. The van der Waals surface area contributed by atoms with Crippen LogP contribution in [0.25, 0.3) is 0 Å². The van der Waals surface area contributed by atoms with Crippen molar-refractivity contribution in [1.29, 1.82) is 0 Å². The Morgan fingerprint density at radius 2 is 2.00 bits per heavy atom. The molecule has 0 aliphatic carbocycles. The fourth-order valence-corrected chi connectivity index (χ4v) is 3.70. The van der Waals surface area contributed by atoms with Gasteiger partial charge in [0.05, 0.1) is 6.20 Å². The van der Waals surface area contributed by atoms with Gasteiger partial charge in [-0.2, -0.15) is 5.10 Å². The van der Waals surface area contributed by atoms with Gasteiger partial charge in [-0.05, 0) is 64.9 Å². The molecule has 1 N–H and O–H groups in total. The minimum absolute atomic E-state index is 0.663. The van der Waals surface area contributed by atoms with Crippen LogP contribution in [0.4, 0.5) is 0 Å². The van der Waals surface area contributed by atoms with Crippen LogP contribution in [0, 0.1) is 6.92 Å². The van der Waals surface area contributed by atoms with Gasteiger partial charge < -0.3 is 4.90 Å². The van der Waals surface area contributed by atoms with Crippen LogP contribution in [0.1, 0.15) is 42.9 Å². The van der Waals surface area contributed by atoms with Gasteiger partial charge in [-0.25, -0.2) is 0 Å². The molecule has 3 rings (SSSR count). The summed E-state index contributed by atoms with van der Waals surface area (Å²) in [6.07, 6.45) is 7.28. The molecule has 2 aliphatic heterocycles. The lowest BCUT2D eigenvalue weighted by molar-refractivity contribution is 0.0932. The summed E-state index contributed by atoms with van der Waals surface area (Å²) in [5, 5.41) is 7.41. The summed E-state index contributed by atoms with van der Waals surface area (Å²) < 4.78 is 0. The van der Waals surface area contributed by atoms with Crippen molar-refractivity contribution in [3.63, 3.8) is 0 Å². The Kier molecular flexibility index (Phi) is 3.89. The van der Waals surface area contributed by atoms with Crippen molar-refractivity contribution in [2.24, 2.45) is 0 Å². The Morgan fingerprint density at radius 1 is 1.21 bits per heavy atom. The second-order valence-electron chi connectivity index (χ2n) is 6.34. The molecule has 0 amide bonds. The highest BCUT2D eigenvalue weighted by atomic mass is 15.2. The van der Waals surface area contributed by atoms with Crippen LogP contribution in [-0.4, -0.2) is 59.3 Å². The van der Waals surface area contributed by atoms with E-state index in [0.29, 0.717) is 5.92 Å². The summed E-state index contributed by atoms with van der Waals surface area (Å²) in [4.78, 5) is 5.19. The third-order valence-corrected chi connectivity index (χ3v) is 4.93. The second kappa shape index (κ2) is 5.63. The molecule has 2 fully saturated rings. The van der Waals surface area contributed by atoms with Gasteiger partial charge >= 0.3 is 0 Å². The largest absolute Gasteiger partial charge is 0.306 e. The van der Waals surface area contributed by atoms with E-state index in [9.17, 15) is 0 Å². The number of likely N-dealkylation sites (tertiary alicyclic amines) is 2. The molecule has 1 atom stereocenters. The maximum absolute atomic E-state index is 4.19. The Balaban J connectivity index is 1.63. The van der Waals surface area contributed by atoms with Crippen molar-refractivity contribution in [1.82, 2.24) is 20.0 Å². The number of piperidine rings is 2. The van der Waals surface area contributed by atoms with Gasteiger partial charge in [0.2, 0.25) is 0 Å². The first-order valence-corrected chi connectivity index (χ1v) is 7.66. The monoisotopic (exact) mass is 262 g/mol. The first kappa shape index (κ1) is 13.1. The SMILES string of the molecule is Cc1cn[nH]c1[C@H]1CCCN(C2CCN(C)CC2)C1. The van der Waals surface area contributed by atoms with Crippen molar-refractivity contribution in [2.45, 2.75) is 44.6 Å². The molecule has 2 aliphatic rings. The minimum Gasteiger partial charge on any atom is -0.306 e. The summed E-state index contributed by atoms with van der Waals surface area (Å²) in [7, 11) is 2.24. The maximum Gasteiger partial charge on any atom is 0.0519 e. The maximum atomic E-state index is 4.19. The molecule has 4 heteroatoms. The van der Waals surface area contributed by atoms with E-state index in [2.05, 4.69) is 34.0 Å². The first-order valence-electron chi connectivity index (χ1n) is 7.66. The normalized spacial score (nSPS) is 27.8. The molecule has 0 unspecified atom stereocenters. The van der Waals surface area contributed by atoms with E-state index in [-0.39, 0.29) is 0 Å². The quantitative estimate of drug-likeness (QED) is 0.885. The van der Waals surface area contributed by atoms with E-state index in [1.807, 2.05) is 6.20 Å². The second-order valence-corrected chi connectivity index (χ2v) is 6.34. The summed E-state index contributed by atoms with van der Waals surface area (Å²) in [5.74, 6) is 0.663. The van der Waals surface area contributed by atoms with Crippen LogP contribution in [0.5, 0.6) is 0 Å². The smallest absolute Gasteiger partial charge is 0.0519 e. The fourth-order valence-electron chi connectivity index (χ4n) is 3.70. The van der Waals surface area contributed by atoms with Gasteiger partial charge in [-0.1, -0.05) is 0 Å². The molecule has 0 bridgehead atoms. The molecule has 1 aromatic heterocycles. The first-order chi connectivity index (χ1) is 9.24. The zero-order valence-electron chi connectivity index (χ0n) is 12.2. The average Bonchev–Trinajstić information content (AvgIpc) is 2.86. The molecule has 106 valence electrons. The highest BCUT2D eigenvalue weighted by Crippen LogP contribution is 2.30. The van der Waals surface area contributed by atoms with Gasteiger partial charge in [0.25, 0.3) is 0 Å². The van der Waals surface area contributed by atoms with Crippen LogP contribution in [0.3, 0.4) is 0 Å². The van der Waals surface area contributed by atoms with Crippen molar-refractivity contribution >= 4 is 0 Å². The molecular weight excluding hydrogens is 236 g/mol. The van der Waals surface area contributed by atoms with Crippen LogP contribution >= 0.6 is 0 Å². The molecule has 0 radical (unpaired) electrons. The van der Waals surface area contributed by atoms with Crippen molar-refractivity contribution in [3.8, 4) is 0 Å². The van der Waals surface area contributed by atoms with Crippen molar-refractivity contribution in [2.75, 3.05) is 33.2 Å². The Hall–Kier alpha value is -0.870. The van der Waals surface area contributed by atoms with E-state index in [1.54, 1.807) is 0 Å². The molecule has 3 heterocycles. The number of H-pyrrole nitrogens is 1. The van der Waals surface area contributed by atoms with Gasteiger partial charge in [0.1, 0.15) is 0 Å². The van der Waals surface area contributed by atoms with Crippen LogP contribution in [0.15, 0.2) is 6.20 Å². The highest BCUT2D eigenvalue weighted by molar-refractivity contribution is 5.19. The topological polar surface area (TPSA) is 35.2 Å². The zero-order valence-corrected chi connectivity index (χ0v) is 12.2. The number of hydrogen-bond acceptors (Lipinski definition) is 3. The summed E-state index contributed by atoms with van der Waals surface area (Å²) >= 11 is 0. The molecule has 0 aromatic carbocycles. The van der Waals surface area contributed by atoms with E-state index in [4.69, 9.17) is 0 Å². The summed E-state index contributed by atoms with van der Waals surface area (Å²) in [6, 6.07) is 0.808. The Labute approximate surface area is 116 Å². The van der Waals surface area contributed by atoms with Crippen molar-refractivity contribution < 1.29 is 0 Å². The molecule has 2 saturated heterocycles. The number of hydrogen-bond donors (Lipinski definition) is 1. The van der Waals surface area contributed by atoms with E-state index in [1.165, 1.54) is 63.1 Å². The Bertz CT molecular complexity index is 406. The Morgan fingerprint density at radius 3 is 2.68 bits per heavy atom. The molecular formula is C15H26N4. The number of nitrogens with one attached hydrogen (secondary N) is 1. The predicted molar refractivity (Wildman–Crippen MR) is 77.4 cm³/mol. The van der Waals surface area contributed by atoms with Crippen LogP contribution in [-0.2, 0) is 0 Å². The average molecular weight is 262 g/mol. The van der Waals surface area contributed by atoms with E-state index >= 15 is 0 Å². The van der Waals surface area contributed by atoms with Gasteiger partial charge in [-0.15, -0.1) is 0 Å². The predicted octanol–water partition coefficient (Wildman–Crippen LogP) is 1.99. The minimum atomic E-state index is 0.663. The molecule has 19 heavy (non-hydrogen) atoms. The van der Waals surface area contributed by atoms with Gasteiger partial charge in [-0.3, -0.25) is 10.00 Å². The van der Waals surface area contributed by atoms with E-state index in [0.717, 1.165) is 6.04 Å². The third-order valence-electron chi connectivity index (χ3n) is 4.93. The molecule has 0 spiro atoms. The zero-order chi connectivity index (χ0) is 13.2. The number of aromatic amines is 1.